The molecule has 0 unspecified atom stereocenters. The fourth-order valence-corrected chi connectivity index (χ4v) is 2.62. The Morgan fingerprint density at radius 1 is 1.48 bits per heavy atom. The summed E-state index contributed by atoms with van der Waals surface area (Å²) >= 11 is 3.51. The van der Waals surface area contributed by atoms with Gasteiger partial charge < -0.3 is 19.5 Å². The van der Waals surface area contributed by atoms with Crippen LogP contribution in [0.5, 0.6) is 0 Å². The van der Waals surface area contributed by atoms with Crippen LogP contribution < -0.4 is 5.32 Å². The van der Waals surface area contributed by atoms with E-state index in [0.717, 1.165) is 30.1 Å². The van der Waals surface area contributed by atoms with Crippen molar-refractivity contribution < 1.29 is 4.74 Å². The molecule has 1 aromatic heterocycles. The van der Waals surface area contributed by atoms with E-state index in [-0.39, 0.29) is 24.0 Å². The molecule has 7 heteroatoms. The Hall–Kier alpha value is -0.280. The van der Waals surface area contributed by atoms with E-state index >= 15 is 0 Å². The summed E-state index contributed by atoms with van der Waals surface area (Å²) in [6, 6.07) is 2.13. The number of hydrogen-bond donors (Lipinski definition) is 1. The van der Waals surface area contributed by atoms with Crippen LogP contribution in [0.15, 0.2) is 21.7 Å². The molecule has 0 saturated heterocycles. The molecular weight excluding hydrogens is 471 g/mol. The predicted octanol–water partition coefficient (Wildman–Crippen LogP) is 3.48. The number of ether oxygens (including phenoxy) is 1. The van der Waals surface area contributed by atoms with Crippen LogP contribution in [0, 0.1) is 5.92 Å². The third-order valence-electron chi connectivity index (χ3n) is 3.12. The second-order valence-electron chi connectivity index (χ2n) is 5.82. The van der Waals surface area contributed by atoms with Crippen LogP contribution >= 0.6 is 39.9 Å². The number of aromatic nitrogens is 1. The first-order chi connectivity index (χ1) is 10.4. The first-order valence-electron chi connectivity index (χ1n) is 7.82. The summed E-state index contributed by atoms with van der Waals surface area (Å²) in [5.41, 5.74) is 1.23. The molecule has 0 aliphatic heterocycles. The average Bonchev–Trinajstić information content (AvgIpc) is 2.74. The zero-order valence-corrected chi connectivity index (χ0v) is 18.7. The van der Waals surface area contributed by atoms with Crippen molar-refractivity contribution in [1.82, 2.24) is 14.8 Å². The number of nitrogens with one attached hydrogen (secondary N) is 1. The lowest BCUT2D eigenvalue weighted by Crippen LogP contribution is -2.39. The van der Waals surface area contributed by atoms with Gasteiger partial charge in [0, 0.05) is 43.6 Å². The molecule has 0 spiro atoms. The molecule has 0 aliphatic rings. The molecule has 0 radical (unpaired) electrons. The van der Waals surface area contributed by atoms with Gasteiger partial charge in [-0.3, -0.25) is 4.99 Å². The lowest BCUT2D eigenvalue weighted by Gasteiger charge is -2.22. The van der Waals surface area contributed by atoms with Gasteiger partial charge in [0.15, 0.2) is 5.96 Å². The van der Waals surface area contributed by atoms with Crippen molar-refractivity contribution in [2.45, 2.75) is 27.3 Å². The number of halogens is 2. The lowest BCUT2D eigenvalue weighted by molar-refractivity contribution is 0.116. The van der Waals surface area contributed by atoms with E-state index < -0.39 is 0 Å². The standard InChI is InChI=1S/C16H29BrN4O.HI/c1-6-18-16(19-7-8-22-12-13(2)3)21(5)11-15-9-14(17)10-20(15)4;/h9-10,13H,6-8,11-12H2,1-5H3,(H,18,19);1H. The molecule has 1 rings (SSSR count). The summed E-state index contributed by atoms with van der Waals surface area (Å²) < 4.78 is 8.80. The zero-order chi connectivity index (χ0) is 16.5. The van der Waals surface area contributed by atoms with E-state index in [9.17, 15) is 0 Å². The summed E-state index contributed by atoms with van der Waals surface area (Å²) in [4.78, 5) is 6.76. The van der Waals surface area contributed by atoms with E-state index in [2.05, 4.69) is 82.8 Å². The van der Waals surface area contributed by atoms with E-state index in [1.54, 1.807) is 0 Å². The molecule has 0 aromatic carbocycles. The molecule has 0 fully saturated rings. The first kappa shape index (κ1) is 22.7. The molecule has 5 nitrogen and oxygen atoms in total. The van der Waals surface area contributed by atoms with Crippen LogP contribution in [0.1, 0.15) is 26.5 Å². The molecule has 0 aliphatic carbocycles. The quantitative estimate of drug-likeness (QED) is 0.257. The number of nitrogens with zero attached hydrogens (tertiary/aromatic N) is 3. The van der Waals surface area contributed by atoms with Crippen LogP contribution in [0.3, 0.4) is 0 Å². The van der Waals surface area contributed by atoms with Crippen molar-refractivity contribution in [1.29, 1.82) is 0 Å². The predicted molar refractivity (Wildman–Crippen MR) is 112 cm³/mol. The number of guanidine groups is 1. The number of hydrogen-bond acceptors (Lipinski definition) is 2. The molecule has 1 aromatic rings. The maximum atomic E-state index is 5.58. The van der Waals surface area contributed by atoms with Crippen LogP contribution in [0.2, 0.25) is 0 Å². The van der Waals surface area contributed by atoms with E-state index in [1.807, 2.05) is 0 Å². The van der Waals surface area contributed by atoms with Gasteiger partial charge in [0.2, 0.25) is 0 Å². The molecule has 1 heterocycles. The van der Waals surface area contributed by atoms with Crippen LogP contribution in [0.25, 0.3) is 0 Å². The normalized spacial score (nSPS) is 11.5. The van der Waals surface area contributed by atoms with Gasteiger partial charge in [0.05, 0.1) is 19.7 Å². The van der Waals surface area contributed by atoms with Crippen molar-refractivity contribution in [3.63, 3.8) is 0 Å². The van der Waals surface area contributed by atoms with Gasteiger partial charge in [-0.05, 0) is 34.8 Å². The number of aryl methyl sites for hydroxylation is 1. The largest absolute Gasteiger partial charge is 0.379 e. The second kappa shape index (κ2) is 12.1. The Balaban J connectivity index is 0.00000484. The minimum atomic E-state index is 0. The minimum absolute atomic E-state index is 0. The molecule has 0 bridgehead atoms. The zero-order valence-electron chi connectivity index (χ0n) is 14.8. The van der Waals surface area contributed by atoms with Crippen molar-refractivity contribution in [3.05, 3.63) is 22.4 Å². The third kappa shape index (κ3) is 8.95. The highest BCUT2D eigenvalue weighted by Gasteiger charge is 2.09. The highest BCUT2D eigenvalue weighted by Crippen LogP contribution is 2.14. The number of rotatable bonds is 8. The summed E-state index contributed by atoms with van der Waals surface area (Å²) in [6.45, 7) is 10.2. The second-order valence-corrected chi connectivity index (χ2v) is 6.74. The Bertz CT molecular complexity index is 477. The molecule has 0 saturated carbocycles. The van der Waals surface area contributed by atoms with Gasteiger partial charge in [-0.25, -0.2) is 0 Å². The fourth-order valence-electron chi connectivity index (χ4n) is 2.05. The molecule has 0 amide bonds. The van der Waals surface area contributed by atoms with Crippen LogP contribution in [-0.4, -0.2) is 48.8 Å². The monoisotopic (exact) mass is 500 g/mol. The summed E-state index contributed by atoms with van der Waals surface area (Å²) in [6.07, 6.45) is 2.06. The van der Waals surface area contributed by atoms with E-state index in [4.69, 9.17) is 4.74 Å². The van der Waals surface area contributed by atoms with Gasteiger partial charge in [0.25, 0.3) is 0 Å². The van der Waals surface area contributed by atoms with Gasteiger partial charge >= 0.3 is 0 Å². The van der Waals surface area contributed by atoms with Crippen molar-refractivity contribution >= 4 is 45.9 Å². The van der Waals surface area contributed by atoms with Gasteiger partial charge in [0.1, 0.15) is 0 Å². The van der Waals surface area contributed by atoms with Crippen molar-refractivity contribution in [2.24, 2.45) is 18.0 Å². The van der Waals surface area contributed by atoms with Crippen LogP contribution in [-0.2, 0) is 18.3 Å². The van der Waals surface area contributed by atoms with Gasteiger partial charge in [-0.2, -0.15) is 0 Å². The molecule has 0 atom stereocenters. The fraction of sp³-hybridized carbons (Fsp3) is 0.688. The van der Waals surface area contributed by atoms with Crippen LogP contribution in [0.4, 0.5) is 0 Å². The Labute approximate surface area is 166 Å². The lowest BCUT2D eigenvalue weighted by atomic mass is 10.2. The average molecular weight is 501 g/mol. The Morgan fingerprint density at radius 3 is 2.70 bits per heavy atom. The molecule has 1 N–H and O–H groups in total. The Kier molecular flexibility index (Phi) is 12.0. The smallest absolute Gasteiger partial charge is 0.194 e. The maximum Gasteiger partial charge on any atom is 0.194 e. The SMILES string of the molecule is CCNC(=NCCOCC(C)C)N(C)Cc1cc(Br)cn1C.I. The topological polar surface area (TPSA) is 41.8 Å². The van der Waals surface area contributed by atoms with Crippen molar-refractivity contribution in [3.8, 4) is 0 Å². The molecule has 23 heavy (non-hydrogen) atoms. The van der Waals surface area contributed by atoms with E-state index in [0.29, 0.717) is 19.1 Å². The third-order valence-corrected chi connectivity index (χ3v) is 3.55. The summed E-state index contributed by atoms with van der Waals surface area (Å²) in [7, 11) is 4.11. The number of aliphatic imine (C=N–C) groups is 1. The highest BCUT2D eigenvalue weighted by atomic mass is 127. The van der Waals surface area contributed by atoms with Gasteiger partial charge in [-0.15, -0.1) is 24.0 Å². The summed E-state index contributed by atoms with van der Waals surface area (Å²) in [5.74, 6) is 1.48. The summed E-state index contributed by atoms with van der Waals surface area (Å²) in [5, 5.41) is 3.33. The molecular formula is C16H30BrIN4O. The first-order valence-corrected chi connectivity index (χ1v) is 8.61. The Morgan fingerprint density at radius 2 is 2.17 bits per heavy atom. The molecule has 134 valence electrons. The van der Waals surface area contributed by atoms with Crippen molar-refractivity contribution in [2.75, 3.05) is 33.4 Å². The van der Waals surface area contributed by atoms with E-state index in [1.165, 1.54) is 5.69 Å². The van der Waals surface area contributed by atoms with Gasteiger partial charge in [-0.1, -0.05) is 13.8 Å². The minimum Gasteiger partial charge on any atom is -0.379 e. The highest BCUT2D eigenvalue weighted by molar-refractivity contribution is 14.0. The maximum absolute atomic E-state index is 5.58.